The molecule has 1 aliphatic heterocycles. The van der Waals surface area contributed by atoms with E-state index in [9.17, 15) is 18.4 Å². The summed E-state index contributed by atoms with van der Waals surface area (Å²) in [4.78, 5) is 38.9. The van der Waals surface area contributed by atoms with E-state index in [0.717, 1.165) is 4.57 Å². The summed E-state index contributed by atoms with van der Waals surface area (Å²) >= 11 is 0. The van der Waals surface area contributed by atoms with Crippen LogP contribution in [0.1, 0.15) is 12.5 Å². The molecule has 0 bridgehead atoms. The fourth-order valence-corrected chi connectivity index (χ4v) is 3.44. The molecule has 3 aromatic rings. The van der Waals surface area contributed by atoms with E-state index in [-0.39, 0.29) is 36.0 Å². The molecular formula is C17H17F2N7O4. The van der Waals surface area contributed by atoms with Gasteiger partial charge in [0, 0.05) is 12.7 Å². The fraction of sp³-hybridized carbons (Fsp3) is 0.353. The third-order valence-corrected chi connectivity index (χ3v) is 4.81. The van der Waals surface area contributed by atoms with Crippen molar-refractivity contribution in [3.63, 3.8) is 0 Å². The molecule has 3 N–H and O–H groups in total. The molecule has 0 saturated carbocycles. The number of hydrogen-bond donors (Lipinski definition) is 3. The zero-order valence-corrected chi connectivity index (χ0v) is 15.7. The maximum atomic E-state index is 14.7. The van der Waals surface area contributed by atoms with Gasteiger partial charge in [-0.3, -0.25) is 4.57 Å². The summed E-state index contributed by atoms with van der Waals surface area (Å²) in [6.07, 6.45) is 1.16. The van der Waals surface area contributed by atoms with Crippen LogP contribution in [0, 0.1) is 0 Å². The van der Waals surface area contributed by atoms with Crippen LogP contribution in [-0.4, -0.2) is 66.7 Å². The Morgan fingerprint density at radius 1 is 1.43 bits per heavy atom. The van der Waals surface area contributed by atoms with Crippen LogP contribution in [0.4, 0.5) is 25.2 Å². The number of carbonyl (C=O) groups is 1. The van der Waals surface area contributed by atoms with Gasteiger partial charge >= 0.3 is 11.8 Å². The van der Waals surface area contributed by atoms with Crippen molar-refractivity contribution in [3.05, 3.63) is 35.0 Å². The highest BCUT2D eigenvalue weighted by Gasteiger charge is 2.48. The molecule has 1 aliphatic rings. The number of alkyl halides is 2. The lowest BCUT2D eigenvalue weighted by Crippen LogP contribution is -2.52. The highest BCUT2D eigenvalue weighted by molar-refractivity contribution is 5.72. The van der Waals surface area contributed by atoms with Crippen LogP contribution < -0.4 is 15.7 Å². The number of fused-ring (bicyclic) bond motifs is 1. The lowest BCUT2D eigenvalue weighted by Gasteiger charge is -2.37. The quantitative estimate of drug-likeness (QED) is 0.580. The lowest BCUT2D eigenvalue weighted by molar-refractivity contribution is -0.0967. The minimum Gasteiger partial charge on any atom is -0.480 e. The number of carboxylic acid groups (broad SMARTS) is 1. The van der Waals surface area contributed by atoms with Crippen LogP contribution in [0.3, 0.4) is 0 Å². The van der Waals surface area contributed by atoms with E-state index >= 15 is 0 Å². The Morgan fingerprint density at radius 2 is 2.23 bits per heavy atom. The largest absolute Gasteiger partial charge is 0.480 e. The molecule has 4 rings (SSSR count). The van der Waals surface area contributed by atoms with E-state index in [2.05, 4.69) is 25.3 Å². The summed E-state index contributed by atoms with van der Waals surface area (Å²) < 4.78 is 35.5. The Labute approximate surface area is 167 Å². The van der Waals surface area contributed by atoms with Crippen LogP contribution in [0.2, 0.25) is 0 Å². The van der Waals surface area contributed by atoms with Gasteiger partial charge in [0.25, 0.3) is 5.92 Å². The van der Waals surface area contributed by atoms with E-state index in [1.165, 1.54) is 19.5 Å². The maximum absolute atomic E-state index is 14.7. The van der Waals surface area contributed by atoms with E-state index in [4.69, 9.17) is 9.84 Å². The van der Waals surface area contributed by atoms with Gasteiger partial charge in [-0.2, -0.15) is 4.98 Å². The van der Waals surface area contributed by atoms with Gasteiger partial charge in [0.1, 0.15) is 17.2 Å². The zero-order chi connectivity index (χ0) is 21.5. The Hall–Kier alpha value is -3.77. The first-order chi connectivity index (χ1) is 14.3. The first kappa shape index (κ1) is 19.5. The number of imidazole rings is 1. The summed E-state index contributed by atoms with van der Waals surface area (Å²) in [5.41, 5.74) is -0.165. The third-order valence-electron chi connectivity index (χ3n) is 4.81. The molecule has 0 aliphatic carbocycles. The zero-order valence-electron chi connectivity index (χ0n) is 15.7. The van der Waals surface area contributed by atoms with E-state index < -0.39 is 30.3 Å². The number of piperidine rings is 1. The summed E-state index contributed by atoms with van der Waals surface area (Å²) in [5, 5.41) is 11.9. The van der Waals surface area contributed by atoms with Gasteiger partial charge in [0.05, 0.1) is 19.9 Å². The van der Waals surface area contributed by atoms with E-state index in [0.29, 0.717) is 10.6 Å². The molecule has 0 aromatic carbocycles. The number of aromatic nitrogens is 5. The minimum absolute atomic E-state index is 0.0196. The second kappa shape index (κ2) is 7.24. The number of ether oxygens (including phenoxy) is 1. The highest BCUT2D eigenvalue weighted by atomic mass is 19.3. The second-order valence-corrected chi connectivity index (χ2v) is 6.69. The molecule has 1 saturated heterocycles. The monoisotopic (exact) mass is 421 g/mol. The smallest absolute Gasteiger partial charge is 0.407 e. The van der Waals surface area contributed by atoms with Gasteiger partial charge in [-0.25, -0.2) is 28.3 Å². The highest BCUT2D eigenvalue weighted by Crippen LogP contribution is 2.37. The molecule has 158 valence electrons. The lowest BCUT2D eigenvalue weighted by atomic mass is 10.0. The van der Waals surface area contributed by atoms with Gasteiger partial charge in [-0.05, 0) is 18.6 Å². The number of rotatable bonds is 4. The molecule has 1 amide bonds. The van der Waals surface area contributed by atoms with Gasteiger partial charge in [0.15, 0.2) is 5.65 Å². The van der Waals surface area contributed by atoms with Crippen molar-refractivity contribution in [1.29, 1.82) is 0 Å². The molecule has 3 aromatic heterocycles. The van der Waals surface area contributed by atoms with Crippen LogP contribution in [0.25, 0.3) is 11.2 Å². The second-order valence-electron chi connectivity index (χ2n) is 6.69. The SMILES string of the molecule is COc1ncccc1Nc1ncc2[nH]c(=O)n(C3CCN(C(=O)O)CC3(F)F)c2n1. The van der Waals surface area contributed by atoms with Crippen molar-refractivity contribution >= 4 is 28.9 Å². The summed E-state index contributed by atoms with van der Waals surface area (Å²) in [7, 11) is 1.44. The van der Waals surface area contributed by atoms with E-state index in [1.54, 1.807) is 12.1 Å². The predicted octanol–water partition coefficient (Wildman–Crippen LogP) is 1.83. The van der Waals surface area contributed by atoms with Crippen LogP contribution in [0.15, 0.2) is 29.3 Å². The van der Waals surface area contributed by atoms with Gasteiger partial charge in [-0.15, -0.1) is 0 Å². The number of likely N-dealkylation sites (tertiary alicyclic amines) is 1. The van der Waals surface area contributed by atoms with Crippen molar-refractivity contribution in [2.24, 2.45) is 0 Å². The van der Waals surface area contributed by atoms with Gasteiger partial charge < -0.3 is 25.0 Å². The molecule has 1 atom stereocenters. The first-order valence-corrected chi connectivity index (χ1v) is 8.89. The molecule has 4 heterocycles. The Balaban J connectivity index is 1.73. The molecule has 1 fully saturated rings. The number of aromatic amines is 1. The number of nitrogens with zero attached hydrogens (tertiary/aromatic N) is 5. The van der Waals surface area contributed by atoms with Crippen molar-refractivity contribution < 1.29 is 23.4 Å². The molecule has 13 heteroatoms. The van der Waals surface area contributed by atoms with Crippen molar-refractivity contribution in [2.75, 3.05) is 25.5 Å². The number of halogens is 2. The molecule has 0 spiro atoms. The minimum atomic E-state index is -3.46. The molecular weight excluding hydrogens is 404 g/mol. The Bertz CT molecular complexity index is 1160. The fourth-order valence-electron chi connectivity index (χ4n) is 3.44. The third kappa shape index (κ3) is 3.38. The summed E-state index contributed by atoms with van der Waals surface area (Å²) in [6.45, 7) is -1.13. The number of H-pyrrole nitrogens is 1. The Morgan fingerprint density at radius 3 is 2.93 bits per heavy atom. The van der Waals surface area contributed by atoms with E-state index in [1.807, 2.05) is 0 Å². The van der Waals surface area contributed by atoms with Crippen molar-refractivity contribution in [2.45, 2.75) is 18.4 Å². The van der Waals surface area contributed by atoms with Crippen LogP contribution in [-0.2, 0) is 0 Å². The number of pyridine rings is 1. The average Bonchev–Trinajstić information content (AvgIpc) is 3.02. The molecule has 30 heavy (non-hydrogen) atoms. The number of anilines is 2. The number of nitrogens with one attached hydrogen (secondary N) is 2. The van der Waals surface area contributed by atoms with Gasteiger partial charge in [0.2, 0.25) is 11.8 Å². The standard InChI is InChI=1S/C17H17F2N7O4/c1-30-13-9(3-2-5-20-13)22-14-21-7-10-12(24-14)26(15(27)23-10)11-4-6-25(16(28)29)8-17(11,18)19/h2-3,5,7,11H,4,6,8H2,1H3,(H,23,27)(H,28,29)(H,21,22,24). The summed E-state index contributed by atoms with van der Waals surface area (Å²) in [6, 6.07) is 1.77. The molecule has 1 unspecified atom stereocenters. The van der Waals surface area contributed by atoms with Crippen LogP contribution >= 0.6 is 0 Å². The first-order valence-electron chi connectivity index (χ1n) is 8.89. The van der Waals surface area contributed by atoms with Crippen molar-refractivity contribution in [1.82, 2.24) is 29.4 Å². The van der Waals surface area contributed by atoms with Crippen molar-refractivity contribution in [3.8, 4) is 5.88 Å². The summed E-state index contributed by atoms with van der Waals surface area (Å²) in [5.74, 6) is -3.13. The van der Waals surface area contributed by atoms with Crippen LogP contribution in [0.5, 0.6) is 5.88 Å². The predicted molar refractivity (Wildman–Crippen MR) is 100 cm³/mol. The average molecular weight is 421 g/mol. The Kier molecular flexibility index (Phi) is 4.72. The number of methoxy groups -OCH3 is 1. The molecule has 11 nitrogen and oxygen atoms in total. The topological polar surface area (TPSA) is 138 Å². The number of hydrogen-bond acceptors (Lipinski definition) is 7. The normalized spacial score (nSPS) is 18.4. The number of amides is 1. The van der Waals surface area contributed by atoms with Gasteiger partial charge in [-0.1, -0.05) is 0 Å². The maximum Gasteiger partial charge on any atom is 0.407 e. The molecule has 0 radical (unpaired) electrons.